The summed E-state index contributed by atoms with van der Waals surface area (Å²) in [5.74, 6) is -1.58. The monoisotopic (exact) mass is 368 g/mol. The summed E-state index contributed by atoms with van der Waals surface area (Å²) < 4.78 is 57.4. The number of aryl methyl sites for hydroxylation is 1. The number of nitrogens with zero attached hydrogens (tertiary/aromatic N) is 3. The molecule has 0 spiro atoms. The number of hydrogen-bond donors (Lipinski definition) is 1. The molecule has 0 radical (unpaired) electrons. The SMILES string of the molecule is O=C(Nc1ccc(-n2ccnc2)c(F)c1)c1ncoc1CCC(F)(F)F. The van der Waals surface area contributed by atoms with Gasteiger partial charge in [0.1, 0.15) is 11.6 Å². The quantitative estimate of drug-likeness (QED) is 0.696. The summed E-state index contributed by atoms with van der Waals surface area (Å²) in [5, 5.41) is 2.39. The van der Waals surface area contributed by atoms with Gasteiger partial charge in [-0.15, -0.1) is 0 Å². The van der Waals surface area contributed by atoms with Crippen LogP contribution >= 0.6 is 0 Å². The standard InChI is InChI=1S/C16H12F4N4O2/c17-11-7-10(1-2-12(11)24-6-5-21-8-24)23-15(25)14-13(26-9-22-14)3-4-16(18,19)20/h1-2,5-9H,3-4H2,(H,23,25). The van der Waals surface area contributed by atoms with Crippen molar-refractivity contribution in [1.29, 1.82) is 0 Å². The van der Waals surface area contributed by atoms with Crippen LogP contribution in [0, 0.1) is 5.82 Å². The first-order valence-corrected chi connectivity index (χ1v) is 7.42. The van der Waals surface area contributed by atoms with Gasteiger partial charge in [0.2, 0.25) is 0 Å². The fraction of sp³-hybridized carbons (Fsp3) is 0.188. The van der Waals surface area contributed by atoms with E-state index in [2.05, 4.69) is 15.3 Å². The predicted molar refractivity (Wildman–Crippen MR) is 82.4 cm³/mol. The lowest BCUT2D eigenvalue weighted by atomic mass is 10.2. The fourth-order valence-electron chi connectivity index (χ4n) is 2.27. The number of aromatic nitrogens is 3. The van der Waals surface area contributed by atoms with Crippen molar-refractivity contribution in [2.75, 3.05) is 5.32 Å². The third kappa shape index (κ3) is 4.08. The molecule has 136 valence electrons. The second-order valence-corrected chi connectivity index (χ2v) is 5.33. The van der Waals surface area contributed by atoms with E-state index in [-0.39, 0.29) is 22.8 Å². The lowest BCUT2D eigenvalue weighted by Gasteiger charge is -2.08. The van der Waals surface area contributed by atoms with Gasteiger partial charge in [0.05, 0.1) is 18.4 Å². The molecular weight excluding hydrogens is 356 g/mol. The van der Waals surface area contributed by atoms with Crippen LogP contribution in [-0.4, -0.2) is 26.6 Å². The van der Waals surface area contributed by atoms with Crippen LogP contribution in [0.5, 0.6) is 0 Å². The molecule has 3 rings (SSSR count). The minimum Gasteiger partial charge on any atom is -0.448 e. The van der Waals surface area contributed by atoms with Crippen LogP contribution in [0.15, 0.2) is 47.7 Å². The highest BCUT2D eigenvalue weighted by molar-refractivity contribution is 6.03. The van der Waals surface area contributed by atoms with Crippen LogP contribution in [0.2, 0.25) is 0 Å². The number of alkyl halides is 3. The zero-order chi connectivity index (χ0) is 18.7. The van der Waals surface area contributed by atoms with E-state index in [0.29, 0.717) is 0 Å². The lowest BCUT2D eigenvalue weighted by molar-refractivity contribution is -0.134. The molecule has 3 aromatic rings. The minimum atomic E-state index is -4.38. The smallest absolute Gasteiger partial charge is 0.389 e. The molecule has 6 nitrogen and oxygen atoms in total. The van der Waals surface area contributed by atoms with Crippen molar-refractivity contribution in [3.63, 3.8) is 0 Å². The molecule has 26 heavy (non-hydrogen) atoms. The largest absolute Gasteiger partial charge is 0.448 e. The maximum absolute atomic E-state index is 14.2. The molecule has 0 aliphatic rings. The Balaban J connectivity index is 1.73. The summed E-state index contributed by atoms with van der Waals surface area (Å²) in [6, 6.07) is 3.97. The molecule has 0 unspecified atom stereocenters. The number of oxazole rings is 1. The average molecular weight is 368 g/mol. The number of anilines is 1. The van der Waals surface area contributed by atoms with Crippen LogP contribution in [0.1, 0.15) is 22.7 Å². The van der Waals surface area contributed by atoms with E-state index in [9.17, 15) is 22.4 Å². The molecule has 1 amide bonds. The summed E-state index contributed by atoms with van der Waals surface area (Å²) in [6.45, 7) is 0. The zero-order valence-corrected chi connectivity index (χ0v) is 13.1. The van der Waals surface area contributed by atoms with Gasteiger partial charge in [-0.1, -0.05) is 0 Å². The molecule has 0 fully saturated rings. The predicted octanol–water partition coefficient (Wildman–Crippen LogP) is 3.75. The topological polar surface area (TPSA) is 73.0 Å². The number of halogens is 4. The second kappa shape index (κ2) is 6.98. The average Bonchev–Trinajstić information content (AvgIpc) is 3.24. The maximum Gasteiger partial charge on any atom is 0.389 e. The second-order valence-electron chi connectivity index (χ2n) is 5.33. The van der Waals surface area contributed by atoms with Gasteiger partial charge < -0.3 is 14.3 Å². The Morgan fingerprint density at radius 2 is 2.12 bits per heavy atom. The number of amides is 1. The molecule has 0 aliphatic carbocycles. The Morgan fingerprint density at radius 3 is 2.77 bits per heavy atom. The van der Waals surface area contributed by atoms with Gasteiger partial charge in [0.15, 0.2) is 12.1 Å². The number of carbonyl (C=O) groups is 1. The molecule has 10 heteroatoms. The number of hydrogen-bond acceptors (Lipinski definition) is 4. The fourth-order valence-corrected chi connectivity index (χ4v) is 2.27. The van der Waals surface area contributed by atoms with Crippen LogP contribution in [0.4, 0.5) is 23.2 Å². The summed E-state index contributed by atoms with van der Waals surface area (Å²) in [5.41, 5.74) is 0.0854. The van der Waals surface area contributed by atoms with Crippen LogP contribution in [0.3, 0.4) is 0 Å². The number of benzene rings is 1. The van der Waals surface area contributed by atoms with Gasteiger partial charge in [-0.25, -0.2) is 14.4 Å². The van der Waals surface area contributed by atoms with Gasteiger partial charge in [0.25, 0.3) is 5.91 Å². The van der Waals surface area contributed by atoms with Crippen molar-refractivity contribution >= 4 is 11.6 Å². The van der Waals surface area contributed by atoms with E-state index in [1.165, 1.54) is 29.2 Å². The number of imidazole rings is 1. The van der Waals surface area contributed by atoms with Crippen molar-refractivity contribution in [3.05, 3.63) is 60.6 Å². The van der Waals surface area contributed by atoms with E-state index >= 15 is 0 Å². The molecule has 0 atom stereocenters. The molecule has 0 saturated heterocycles. The van der Waals surface area contributed by atoms with E-state index in [0.717, 1.165) is 12.5 Å². The molecule has 0 saturated carbocycles. The highest BCUT2D eigenvalue weighted by Gasteiger charge is 2.29. The van der Waals surface area contributed by atoms with Crippen molar-refractivity contribution in [3.8, 4) is 5.69 Å². The number of rotatable bonds is 5. The summed E-state index contributed by atoms with van der Waals surface area (Å²) in [6.07, 6.45) is -0.687. The van der Waals surface area contributed by atoms with Crippen molar-refractivity contribution in [2.24, 2.45) is 0 Å². The molecule has 2 aromatic heterocycles. The van der Waals surface area contributed by atoms with E-state index in [4.69, 9.17) is 4.42 Å². The highest BCUT2D eigenvalue weighted by atomic mass is 19.4. The Bertz CT molecular complexity index is 903. The molecular formula is C16H12F4N4O2. The van der Waals surface area contributed by atoms with Crippen molar-refractivity contribution < 1.29 is 26.8 Å². The third-order valence-corrected chi connectivity index (χ3v) is 3.48. The first kappa shape index (κ1) is 17.6. The van der Waals surface area contributed by atoms with Gasteiger partial charge in [-0.3, -0.25) is 4.79 Å². The normalized spacial score (nSPS) is 11.5. The summed E-state index contributed by atoms with van der Waals surface area (Å²) >= 11 is 0. The highest BCUT2D eigenvalue weighted by Crippen LogP contribution is 2.24. The van der Waals surface area contributed by atoms with Crippen molar-refractivity contribution in [1.82, 2.24) is 14.5 Å². The number of carbonyl (C=O) groups excluding carboxylic acids is 1. The molecule has 2 heterocycles. The number of nitrogens with one attached hydrogen (secondary N) is 1. The first-order valence-electron chi connectivity index (χ1n) is 7.42. The van der Waals surface area contributed by atoms with E-state index in [1.54, 1.807) is 6.20 Å². The van der Waals surface area contributed by atoms with Gasteiger partial charge >= 0.3 is 6.18 Å². The van der Waals surface area contributed by atoms with Crippen LogP contribution < -0.4 is 5.32 Å². The van der Waals surface area contributed by atoms with Crippen LogP contribution in [-0.2, 0) is 6.42 Å². The maximum atomic E-state index is 14.2. The minimum absolute atomic E-state index is 0.126. The zero-order valence-electron chi connectivity index (χ0n) is 13.1. The van der Waals surface area contributed by atoms with Gasteiger partial charge in [-0.05, 0) is 18.2 Å². The van der Waals surface area contributed by atoms with Gasteiger partial charge in [-0.2, -0.15) is 13.2 Å². The first-order chi connectivity index (χ1) is 12.3. The Kier molecular flexibility index (Phi) is 4.74. The molecule has 0 bridgehead atoms. The van der Waals surface area contributed by atoms with Crippen molar-refractivity contribution in [2.45, 2.75) is 19.0 Å². The summed E-state index contributed by atoms with van der Waals surface area (Å²) in [4.78, 5) is 19.7. The van der Waals surface area contributed by atoms with E-state index in [1.807, 2.05) is 0 Å². The molecule has 1 N–H and O–H groups in total. The molecule has 1 aromatic carbocycles. The summed E-state index contributed by atoms with van der Waals surface area (Å²) in [7, 11) is 0. The third-order valence-electron chi connectivity index (χ3n) is 3.48. The lowest BCUT2D eigenvalue weighted by Crippen LogP contribution is -2.16. The van der Waals surface area contributed by atoms with Gasteiger partial charge in [0, 0.05) is 24.5 Å². The Morgan fingerprint density at radius 1 is 1.31 bits per heavy atom. The van der Waals surface area contributed by atoms with E-state index < -0.39 is 30.7 Å². The Labute approximate surface area is 144 Å². The molecule has 0 aliphatic heterocycles. The van der Waals surface area contributed by atoms with Crippen LogP contribution in [0.25, 0.3) is 5.69 Å². The Hall–Kier alpha value is -3.17.